The fraction of sp³-hybridized carbons (Fsp3) is 0.538. The number of nitrogen functional groups attached to an aromatic ring is 1. The number of esters is 1. The van der Waals surface area contributed by atoms with Crippen molar-refractivity contribution in [1.29, 1.82) is 0 Å². The Balaban J connectivity index is 1.66. The van der Waals surface area contributed by atoms with Crippen molar-refractivity contribution in [2.45, 2.75) is 44.1 Å². The third-order valence-corrected chi connectivity index (χ3v) is 3.71. The monoisotopic (exact) mass is 307 g/mol. The smallest absolute Gasteiger partial charge is 0.337 e. The highest BCUT2D eigenvalue weighted by Gasteiger charge is 2.28. The fourth-order valence-electron chi connectivity index (χ4n) is 2.56. The number of ether oxygens (including phenoxy) is 1. The second kappa shape index (κ2) is 5.85. The Hall–Kier alpha value is -2.26. The highest BCUT2D eigenvalue weighted by atomic mass is 16.6. The summed E-state index contributed by atoms with van der Waals surface area (Å²) in [5.74, 6) is -0.483. The van der Waals surface area contributed by atoms with Crippen LogP contribution in [-0.2, 0) is 16.1 Å². The Morgan fingerprint density at radius 1 is 1.45 bits per heavy atom. The molecule has 0 saturated heterocycles. The molecule has 1 aliphatic rings. The molecule has 4 N–H and O–H groups in total. The lowest BCUT2D eigenvalue weighted by Gasteiger charge is -2.15. The van der Waals surface area contributed by atoms with Crippen molar-refractivity contribution in [3.8, 4) is 0 Å². The molecular formula is C13H17N5O4. The number of anilines is 1. The van der Waals surface area contributed by atoms with Crippen LogP contribution < -0.4 is 5.73 Å². The maximum absolute atomic E-state index is 11.9. The zero-order valence-corrected chi connectivity index (χ0v) is 11.8. The van der Waals surface area contributed by atoms with E-state index < -0.39 is 18.2 Å². The van der Waals surface area contributed by atoms with Crippen LogP contribution in [0.15, 0.2) is 12.7 Å². The van der Waals surface area contributed by atoms with Crippen molar-refractivity contribution in [1.82, 2.24) is 19.5 Å². The summed E-state index contributed by atoms with van der Waals surface area (Å²) >= 11 is 0. The van der Waals surface area contributed by atoms with Crippen molar-refractivity contribution in [2.24, 2.45) is 0 Å². The molecule has 2 heterocycles. The third-order valence-electron chi connectivity index (χ3n) is 3.71. The molecule has 9 heteroatoms. The van der Waals surface area contributed by atoms with Crippen molar-refractivity contribution < 1.29 is 19.7 Å². The quantitative estimate of drug-likeness (QED) is 0.626. The minimum absolute atomic E-state index is 0.0406. The lowest BCUT2D eigenvalue weighted by molar-refractivity contribution is -0.159. The van der Waals surface area contributed by atoms with E-state index in [9.17, 15) is 15.0 Å². The van der Waals surface area contributed by atoms with E-state index in [0.717, 1.165) is 0 Å². The number of aliphatic hydroxyl groups excluding tert-OH is 2. The van der Waals surface area contributed by atoms with Gasteiger partial charge in [0.05, 0.1) is 19.0 Å². The van der Waals surface area contributed by atoms with Gasteiger partial charge >= 0.3 is 5.97 Å². The molecule has 0 unspecified atom stereocenters. The summed E-state index contributed by atoms with van der Waals surface area (Å²) in [6.45, 7) is -0.0406. The molecule has 3 atom stereocenters. The minimum atomic E-state index is -1.34. The molecule has 0 bridgehead atoms. The van der Waals surface area contributed by atoms with Crippen LogP contribution in [0.25, 0.3) is 11.2 Å². The number of aliphatic hydroxyl groups is 2. The molecule has 0 aliphatic heterocycles. The first-order valence-corrected chi connectivity index (χ1v) is 7.02. The molecule has 1 saturated carbocycles. The summed E-state index contributed by atoms with van der Waals surface area (Å²) in [4.78, 5) is 23.8. The summed E-state index contributed by atoms with van der Waals surface area (Å²) in [5, 5.41) is 19.4. The normalized spacial score (nSPS) is 22.8. The predicted octanol–water partition coefficient (Wildman–Crippen LogP) is -0.774. The zero-order valence-electron chi connectivity index (χ0n) is 11.8. The van der Waals surface area contributed by atoms with Crippen LogP contribution in [0.1, 0.15) is 19.3 Å². The summed E-state index contributed by atoms with van der Waals surface area (Å²) in [6, 6.07) is 0. The van der Waals surface area contributed by atoms with E-state index in [2.05, 4.69) is 15.0 Å². The highest BCUT2D eigenvalue weighted by Crippen LogP contribution is 2.22. The molecule has 0 aromatic carbocycles. The van der Waals surface area contributed by atoms with Gasteiger partial charge in [-0.25, -0.2) is 19.7 Å². The number of nitrogens with two attached hydrogens (primary N) is 1. The molecule has 22 heavy (non-hydrogen) atoms. The van der Waals surface area contributed by atoms with Gasteiger partial charge in [-0.05, 0) is 12.8 Å². The molecular weight excluding hydrogens is 290 g/mol. The Morgan fingerprint density at radius 2 is 2.27 bits per heavy atom. The van der Waals surface area contributed by atoms with E-state index in [-0.39, 0.29) is 18.5 Å². The first-order chi connectivity index (χ1) is 10.5. The minimum Gasteiger partial charge on any atom is -0.460 e. The van der Waals surface area contributed by atoms with E-state index in [1.54, 1.807) is 0 Å². The van der Waals surface area contributed by atoms with E-state index in [1.165, 1.54) is 17.2 Å². The fourth-order valence-corrected chi connectivity index (χ4v) is 2.56. The first kappa shape index (κ1) is 14.7. The number of nitrogens with zero attached hydrogens (tertiary/aromatic N) is 4. The predicted molar refractivity (Wildman–Crippen MR) is 75.5 cm³/mol. The summed E-state index contributed by atoms with van der Waals surface area (Å²) in [7, 11) is 0. The number of rotatable bonds is 4. The lowest BCUT2D eigenvalue weighted by Crippen LogP contribution is -2.30. The Bertz CT molecular complexity index is 688. The number of imidazole rings is 1. The Labute approximate surface area is 125 Å². The molecule has 0 radical (unpaired) electrons. The van der Waals surface area contributed by atoms with Crippen LogP contribution >= 0.6 is 0 Å². The van der Waals surface area contributed by atoms with Gasteiger partial charge in [0.15, 0.2) is 17.6 Å². The van der Waals surface area contributed by atoms with E-state index in [0.29, 0.717) is 30.4 Å². The SMILES string of the molecule is Nc1ncnc2c1ncn2C[C@@H](O)C(=O)O[C@H]1CC[C@H](O)C1. The number of fused-ring (bicyclic) bond motifs is 1. The van der Waals surface area contributed by atoms with E-state index >= 15 is 0 Å². The van der Waals surface area contributed by atoms with Crippen molar-refractivity contribution in [3.63, 3.8) is 0 Å². The van der Waals surface area contributed by atoms with Gasteiger partial charge in [0.1, 0.15) is 17.9 Å². The largest absolute Gasteiger partial charge is 0.460 e. The zero-order chi connectivity index (χ0) is 15.7. The number of carbonyl (C=O) groups excluding carboxylic acids is 1. The van der Waals surface area contributed by atoms with Gasteiger partial charge in [-0.3, -0.25) is 0 Å². The van der Waals surface area contributed by atoms with Crippen LogP contribution in [0.4, 0.5) is 5.82 Å². The molecule has 1 fully saturated rings. The van der Waals surface area contributed by atoms with Crippen LogP contribution in [-0.4, -0.2) is 54.0 Å². The summed E-state index contributed by atoms with van der Waals surface area (Å²) in [6.07, 6.45) is 2.24. The molecule has 0 spiro atoms. The van der Waals surface area contributed by atoms with Crippen LogP contribution in [0.3, 0.4) is 0 Å². The average Bonchev–Trinajstić information content (AvgIpc) is 3.07. The van der Waals surface area contributed by atoms with Crippen molar-refractivity contribution >= 4 is 23.0 Å². The maximum atomic E-state index is 11.9. The lowest BCUT2D eigenvalue weighted by atomic mass is 10.3. The van der Waals surface area contributed by atoms with Gasteiger partial charge in [0.25, 0.3) is 0 Å². The molecule has 9 nitrogen and oxygen atoms in total. The van der Waals surface area contributed by atoms with E-state index in [4.69, 9.17) is 10.5 Å². The number of hydrogen-bond donors (Lipinski definition) is 3. The van der Waals surface area contributed by atoms with Crippen LogP contribution in [0, 0.1) is 0 Å². The van der Waals surface area contributed by atoms with Crippen LogP contribution in [0.2, 0.25) is 0 Å². The van der Waals surface area contributed by atoms with Gasteiger partial charge in [-0.15, -0.1) is 0 Å². The summed E-state index contributed by atoms with van der Waals surface area (Å²) in [5.41, 5.74) is 6.54. The summed E-state index contributed by atoms with van der Waals surface area (Å²) < 4.78 is 6.70. The van der Waals surface area contributed by atoms with Gasteiger partial charge in [0.2, 0.25) is 0 Å². The van der Waals surface area contributed by atoms with Crippen molar-refractivity contribution in [2.75, 3.05) is 5.73 Å². The molecule has 1 aliphatic carbocycles. The molecule has 118 valence electrons. The second-order valence-electron chi connectivity index (χ2n) is 5.37. The number of carbonyl (C=O) groups is 1. The third kappa shape index (κ3) is 2.85. The topological polar surface area (TPSA) is 136 Å². The average molecular weight is 307 g/mol. The molecule has 2 aromatic heterocycles. The Kier molecular flexibility index (Phi) is 3.90. The molecule has 3 rings (SSSR count). The molecule has 0 amide bonds. The number of aromatic nitrogens is 4. The van der Waals surface area contributed by atoms with Gasteiger partial charge in [0, 0.05) is 6.42 Å². The maximum Gasteiger partial charge on any atom is 0.337 e. The van der Waals surface area contributed by atoms with E-state index in [1.807, 2.05) is 0 Å². The first-order valence-electron chi connectivity index (χ1n) is 7.02. The van der Waals surface area contributed by atoms with Crippen molar-refractivity contribution in [3.05, 3.63) is 12.7 Å². The highest BCUT2D eigenvalue weighted by molar-refractivity contribution is 5.81. The standard InChI is InChI=1S/C13H17N5O4/c14-11-10-12(16-5-15-11)18(6-17-10)4-9(20)13(21)22-8-2-1-7(19)3-8/h5-9,19-20H,1-4H2,(H2,14,15,16)/t7-,8-,9+/m0/s1. The molecule has 2 aromatic rings. The second-order valence-corrected chi connectivity index (χ2v) is 5.37. The number of hydrogen-bond acceptors (Lipinski definition) is 8. The Morgan fingerprint density at radius 3 is 3.00 bits per heavy atom. The van der Waals surface area contributed by atoms with Gasteiger partial charge < -0.3 is 25.3 Å². The van der Waals surface area contributed by atoms with Crippen LogP contribution in [0.5, 0.6) is 0 Å². The van der Waals surface area contributed by atoms with Gasteiger partial charge in [-0.1, -0.05) is 0 Å². The van der Waals surface area contributed by atoms with Gasteiger partial charge in [-0.2, -0.15) is 0 Å².